The van der Waals surface area contributed by atoms with Crippen LogP contribution in [-0.2, 0) is 27.4 Å². The first kappa shape index (κ1) is 16.0. The van der Waals surface area contributed by atoms with Crippen molar-refractivity contribution in [3.05, 3.63) is 83.9 Å². The molecule has 2 aromatic rings. The van der Waals surface area contributed by atoms with Crippen molar-refractivity contribution in [3.8, 4) is 0 Å². The lowest BCUT2D eigenvalue weighted by Gasteiger charge is -2.26. The predicted molar refractivity (Wildman–Crippen MR) is 91.0 cm³/mol. The minimum atomic E-state index is -1.08. The highest BCUT2D eigenvalue weighted by Gasteiger charge is 2.47. The Morgan fingerprint density at radius 3 is 2.17 bits per heavy atom. The molecule has 1 heterocycles. The quantitative estimate of drug-likeness (QED) is 0.680. The first-order valence-electron chi connectivity index (χ1n) is 7.84. The van der Waals surface area contributed by atoms with Crippen LogP contribution in [0, 0.1) is 0 Å². The molecule has 1 unspecified atom stereocenters. The Labute approximate surface area is 141 Å². The molecule has 0 aromatic heterocycles. The van der Waals surface area contributed by atoms with E-state index in [2.05, 4.69) is 11.9 Å². The number of carbonyl (C=O) groups excluding carboxylic acids is 2. The summed E-state index contributed by atoms with van der Waals surface area (Å²) in [6.07, 6.45) is 0.639. The van der Waals surface area contributed by atoms with Crippen LogP contribution in [-0.4, -0.2) is 17.4 Å². The summed E-state index contributed by atoms with van der Waals surface area (Å²) >= 11 is 0. The van der Waals surface area contributed by atoms with Crippen LogP contribution < -0.4 is 5.32 Å². The highest BCUT2D eigenvalue weighted by Crippen LogP contribution is 2.29. The third kappa shape index (κ3) is 3.38. The van der Waals surface area contributed by atoms with Crippen molar-refractivity contribution in [1.82, 2.24) is 5.32 Å². The van der Waals surface area contributed by atoms with Gasteiger partial charge in [-0.15, -0.1) is 0 Å². The first-order valence-corrected chi connectivity index (χ1v) is 7.84. The number of rotatable bonds is 5. The van der Waals surface area contributed by atoms with Gasteiger partial charge in [0.25, 0.3) is 0 Å². The Bertz CT molecular complexity index is 737. The van der Waals surface area contributed by atoms with E-state index >= 15 is 0 Å². The van der Waals surface area contributed by atoms with E-state index in [9.17, 15) is 9.59 Å². The fourth-order valence-corrected chi connectivity index (χ4v) is 2.90. The molecule has 24 heavy (non-hydrogen) atoms. The van der Waals surface area contributed by atoms with Gasteiger partial charge in [0.2, 0.25) is 5.91 Å². The SMILES string of the molecule is C=C1CC(Cc2ccccc2)(C(=O)OCc2ccccc2)NC1=O. The summed E-state index contributed by atoms with van der Waals surface area (Å²) in [6, 6.07) is 19.1. The normalized spacial score (nSPS) is 19.8. The minimum absolute atomic E-state index is 0.179. The number of benzene rings is 2. The van der Waals surface area contributed by atoms with Crippen molar-refractivity contribution >= 4 is 11.9 Å². The van der Waals surface area contributed by atoms with Crippen molar-refractivity contribution in [2.45, 2.75) is 25.0 Å². The summed E-state index contributed by atoms with van der Waals surface area (Å²) in [5, 5.41) is 2.79. The second kappa shape index (κ2) is 6.71. The molecule has 4 heteroatoms. The number of hydrogen-bond donors (Lipinski definition) is 1. The maximum absolute atomic E-state index is 12.8. The van der Waals surface area contributed by atoms with Crippen LogP contribution >= 0.6 is 0 Å². The van der Waals surface area contributed by atoms with E-state index in [1.165, 1.54) is 0 Å². The van der Waals surface area contributed by atoms with E-state index in [4.69, 9.17) is 4.74 Å². The Kier molecular flexibility index (Phi) is 4.47. The molecule has 0 bridgehead atoms. The second-order valence-corrected chi connectivity index (χ2v) is 6.04. The molecule has 1 aliphatic heterocycles. The van der Waals surface area contributed by atoms with E-state index in [-0.39, 0.29) is 18.9 Å². The van der Waals surface area contributed by atoms with Gasteiger partial charge in [0.15, 0.2) is 0 Å². The zero-order valence-corrected chi connectivity index (χ0v) is 13.3. The zero-order chi connectivity index (χ0) is 17.0. The van der Waals surface area contributed by atoms with Crippen LogP contribution in [0.25, 0.3) is 0 Å². The van der Waals surface area contributed by atoms with E-state index in [1.807, 2.05) is 60.7 Å². The summed E-state index contributed by atoms with van der Waals surface area (Å²) in [6.45, 7) is 3.93. The average Bonchev–Trinajstić information content (AvgIpc) is 2.89. The molecule has 1 fully saturated rings. The minimum Gasteiger partial charge on any atom is -0.459 e. The number of esters is 1. The molecule has 3 rings (SSSR count). The van der Waals surface area contributed by atoms with Gasteiger partial charge in [-0.2, -0.15) is 0 Å². The fourth-order valence-electron chi connectivity index (χ4n) is 2.90. The molecule has 0 aliphatic carbocycles. The van der Waals surface area contributed by atoms with Crippen molar-refractivity contribution in [2.24, 2.45) is 0 Å². The van der Waals surface area contributed by atoms with Crippen LogP contribution in [0.5, 0.6) is 0 Å². The summed E-state index contributed by atoms with van der Waals surface area (Å²) in [4.78, 5) is 24.7. The molecule has 0 spiro atoms. The monoisotopic (exact) mass is 321 g/mol. The Morgan fingerprint density at radius 2 is 1.62 bits per heavy atom. The Balaban J connectivity index is 1.78. The molecule has 122 valence electrons. The molecule has 1 saturated heterocycles. The molecule has 1 aliphatic rings. The fraction of sp³-hybridized carbons (Fsp3) is 0.200. The summed E-state index contributed by atoms with van der Waals surface area (Å²) in [5.74, 6) is -0.718. The summed E-state index contributed by atoms with van der Waals surface area (Å²) in [7, 11) is 0. The summed E-state index contributed by atoms with van der Waals surface area (Å²) < 4.78 is 5.49. The number of hydrogen-bond acceptors (Lipinski definition) is 3. The predicted octanol–water partition coefficient (Wildman–Crippen LogP) is 2.79. The molecular weight excluding hydrogens is 302 g/mol. The largest absolute Gasteiger partial charge is 0.459 e. The number of ether oxygens (including phenoxy) is 1. The van der Waals surface area contributed by atoms with Crippen LogP contribution in [0.1, 0.15) is 17.5 Å². The van der Waals surface area contributed by atoms with E-state index < -0.39 is 11.5 Å². The van der Waals surface area contributed by atoms with Crippen LogP contribution in [0.4, 0.5) is 0 Å². The molecule has 2 aromatic carbocycles. The molecule has 0 saturated carbocycles. The van der Waals surface area contributed by atoms with Gasteiger partial charge in [-0.1, -0.05) is 67.2 Å². The molecule has 0 radical (unpaired) electrons. The van der Waals surface area contributed by atoms with Gasteiger partial charge in [-0.25, -0.2) is 4.79 Å². The van der Waals surface area contributed by atoms with Gasteiger partial charge < -0.3 is 10.1 Å². The van der Waals surface area contributed by atoms with Crippen LogP contribution in [0.15, 0.2) is 72.8 Å². The molecular formula is C20H19NO3. The molecule has 1 N–H and O–H groups in total. The maximum Gasteiger partial charge on any atom is 0.332 e. The average molecular weight is 321 g/mol. The topological polar surface area (TPSA) is 55.4 Å². The molecule has 4 nitrogen and oxygen atoms in total. The van der Waals surface area contributed by atoms with Crippen molar-refractivity contribution in [3.63, 3.8) is 0 Å². The third-order valence-electron chi connectivity index (χ3n) is 4.14. The van der Waals surface area contributed by atoms with Crippen LogP contribution in [0.3, 0.4) is 0 Å². The van der Waals surface area contributed by atoms with Crippen LogP contribution in [0.2, 0.25) is 0 Å². The van der Waals surface area contributed by atoms with E-state index in [0.29, 0.717) is 12.0 Å². The van der Waals surface area contributed by atoms with Gasteiger partial charge >= 0.3 is 5.97 Å². The Morgan fingerprint density at radius 1 is 1.04 bits per heavy atom. The Hall–Kier alpha value is -2.88. The lowest BCUT2D eigenvalue weighted by Crippen LogP contribution is -2.51. The third-order valence-corrected chi connectivity index (χ3v) is 4.14. The van der Waals surface area contributed by atoms with Crippen molar-refractivity contribution in [2.75, 3.05) is 0 Å². The smallest absolute Gasteiger partial charge is 0.332 e. The van der Waals surface area contributed by atoms with Gasteiger partial charge in [0.1, 0.15) is 12.1 Å². The molecule has 1 amide bonds. The van der Waals surface area contributed by atoms with Gasteiger partial charge in [0, 0.05) is 18.4 Å². The number of nitrogens with one attached hydrogen (secondary N) is 1. The van der Waals surface area contributed by atoms with E-state index in [0.717, 1.165) is 11.1 Å². The highest BCUT2D eigenvalue weighted by atomic mass is 16.5. The standard InChI is InChI=1S/C20H19NO3/c1-15-12-20(21-18(15)22,13-16-8-4-2-5-9-16)19(23)24-14-17-10-6-3-7-11-17/h2-11H,1,12-14H2,(H,21,22). The number of carbonyl (C=O) groups is 2. The van der Waals surface area contributed by atoms with Gasteiger partial charge in [-0.3, -0.25) is 4.79 Å². The van der Waals surface area contributed by atoms with Crippen molar-refractivity contribution in [1.29, 1.82) is 0 Å². The second-order valence-electron chi connectivity index (χ2n) is 6.04. The first-order chi connectivity index (χ1) is 11.6. The van der Waals surface area contributed by atoms with Gasteiger partial charge in [0.05, 0.1) is 0 Å². The van der Waals surface area contributed by atoms with E-state index in [1.54, 1.807) is 0 Å². The maximum atomic E-state index is 12.8. The lowest BCUT2D eigenvalue weighted by molar-refractivity contribution is -0.153. The number of amides is 1. The lowest BCUT2D eigenvalue weighted by atomic mass is 9.88. The summed E-state index contributed by atoms with van der Waals surface area (Å²) in [5.41, 5.74) is 1.19. The molecule has 1 atom stereocenters. The highest BCUT2D eigenvalue weighted by molar-refractivity contribution is 6.02. The van der Waals surface area contributed by atoms with Crippen molar-refractivity contribution < 1.29 is 14.3 Å². The zero-order valence-electron chi connectivity index (χ0n) is 13.3. The van der Waals surface area contributed by atoms with Gasteiger partial charge in [-0.05, 0) is 11.1 Å².